The molecule has 5 heteroatoms. The van der Waals surface area contributed by atoms with Crippen molar-refractivity contribution in [2.75, 3.05) is 20.8 Å². The summed E-state index contributed by atoms with van der Waals surface area (Å²) in [5.41, 5.74) is 0.922. The van der Waals surface area contributed by atoms with E-state index >= 15 is 0 Å². The number of aromatic amines is 1. The Bertz CT molecular complexity index is 532. The molecule has 1 aromatic heterocycles. The number of rotatable bonds is 4. The average Bonchev–Trinajstić information content (AvgIpc) is 2.78. The van der Waals surface area contributed by atoms with Crippen molar-refractivity contribution >= 4 is 16.9 Å². The van der Waals surface area contributed by atoms with Crippen molar-refractivity contribution in [3.63, 3.8) is 0 Å². The van der Waals surface area contributed by atoms with Gasteiger partial charge in [0, 0.05) is 17.1 Å². The van der Waals surface area contributed by atoms with Gasteiger partial charge in [-0.1, -0.05) is 0 Å². The first-order valence-corrected chi connectivity index (χ1v) is 5.09. The van der Waals surface area contributed by atoms with Gasteiger partial charge in [0.15, 0.2) is 6.61 Å². The van der Waals surface area contributed by atoms with E-state index in [-0.39, 0.29) is 6.61 Å². The van der Waals surface area contributed by atoms with Crippen LogP contribution in [0, 0.1) is 0 Å². The van der Waals surface area contributed by atoms with Crippen LogP contribution in [0.1, 0.15) is 0 Å². The van der Waals surface area contributed by atoms with E-state index in [4.69, 9.17) is 9.47 Å². The number of methoxy groups -OCH3 is 2. The van der Waals surface area contributed by atoms with Gasteiger partial charge in [0.05, 0.1) is 14.2 Å². The number of esters is 1. The SMILES string of the molecule is COC(=O)COc1c[nH]c2ccc(OC)cc12. The molecule has 1 heterocycles. The van der Waals surface area contributed by atoms with E-state index in [2.05, 4.69) is 9.72 Å². The molecule has 0 fully saturated rings. The molecule has 0 saturated carbocycles. The number of ether oxygens (including phenoxy) is 3. The van der Waals surface area contributed by atoms with Gasteiger partial charge < -0.3 is 19.2 Å². The van der Waals surface area contributed by atoms with Crippen molar-refractivity contribution in [1.82, 2.24) is 4.98 Å². The summed E-state index contributed by atoms with van der Waals surface area (Å²) in [6.07, 6.45) is 1.70. The van der Waals surface area contributed by atoms with Crippen molar-refractivity contribution in [3.8, 4) is 11.5 Å². The molecule has 17 heavy (non-hydrogen) atoms. The second-order valence-electron chi connectivity index (χ2n) is 3.43. The van der Waals surface area contributed by atoms with Gasteiger partial charge in [0.1, 0.15) is 11.5 Å². The van der Waals surface area contributed by atoms with Crippen LogP contribution < -0.4 is 9.47 Å². The lowest BCUT2D eigenvalue weighted by atomic mass is 10.2. The Labute approximate surface area is 98.3 Å². The lowest BCUT2D eigenvalue weighted by Gasteiger charge is -2.04. The minimum absolute atomic E-state index is 0.110. The summed E-state index contributed by atoms with van der Waals surface area (Å²) in [5.74, 6) is 0.923. The minimum atomic E-state index is -0.415. The maximum atomic E-state index is 11.0. The summed E-state index contributed by atoms with van der Waals surface area (Å²) >= 11 is 0. The van der Waals surface area contributed by atoms with Crippen LogP contribution in [0.3, 0.4) is 0 Å². The highest BCUT2D eigenvalue weighted by Gasteiger charge is 2.08. The van der Waals surface area contributed by atoms with Crippen molar-refractivity contribution in [1.29, 1.82) is 0 Å². The number of hydrogen-bond acceptors (Lipinski definition) is 4. The van der Waals surface area contributed by atoms with Crippen LogP contribution in [0.4, 0.5) is 0 Å². The Balaban J connectivity index is 2.25. The molecule has 0 radical (unpaired) electrons. The summed E-state index contributed by atoms with van der Waals surface area (Å²) in [4.78, 5) is 14.0. The fraction of sp³-hybridized carbons (Fsp3) is 0.250. The number of carbonyl (C=O) groups excluding carboxylic acids is 1. The predicted octanol–water partition coefficient (Wildman–Crippen LogP) is 1.73. The van der Waals surface area contributed by atoms with Gasteiger partial charge in [-0.25, -0.2) is 4.79 Å². The molecule has 0 unspecified atom stereocenters. The lowest BCUT2D eigenvalue weighted by molar-refractivity contribution is -0.142. The van der Waals surface area contributed by atoms with Crippen LogP contribution in [0.2, 0.25) is 0 Å². The third-order valence-corrected chi connectivity index (χ3v) is 2.42. The number of aromatic nitrogens is 1. The van der Waals surface area contributed by atoms with Crippen LogP contribution in [-0.4, -0.2) is 31.8 Å². The lowest BCUT2D eigenvalue weighted by Crippen LogP contribution is -2.12. The van der Waals surface area contributed by atoms with E-state index in [1.54, 1.807) is 13.3 Å². The molecule has 0 spiro atoms. The van der Waals surface area contributed by atoms with Gasteiger partial charge in [0.25, 0.3) is 0 Å². The highest BCUT2D eigenvalue weighted by Crippen LogP contribution is 2.28. The normalized spacial score (nSPS) is 10.2. The zero-order chi connectivity index (χ0) is 12.3. The highest BCUT2D eigenvalue weighted by atomic mass is 16.6. The molecule has 1 N–H and O–H groups in total. The molecule has 0 saturated heterocycles. The Kier molecular flexibility index (Phi) is 3.18. The average molecular weight is 235 g/mol. The van der Waals surface area contributed by atoms with Crippen molar-refractivity contribution < 1.29 is 19.0 Å². The van der Waals surface area contributed by atoms with Gasteiger partial charge in [-0.3, -0.25) is 0 Å². The molecular formula is C12H13NO4. The number of nitrogens with one attached hydrogen (secondary N) is 1. The van der Waals surface area contributed by atoms with E-state index in [0.717, 1.165) is 16.7 Å². The van der Waals surface area contributed by atoms with E-state index in [1.165, 1.54) is 7.11 Å². The second-order valence-corrected chi connectivity index (χ2v) is 3.43. The molecule has 0 aliphatic carbocycles. The molecule has 5 nitrogen and oxygen atoms in total. The standard InChI is InChI=1S/C12H13NO4/c1-15-8-3-4-10-9(5-8)11(6-13-10)17-7-12(14)16-2/h3-6,13H,7H2,1-2H3. The van der Waals surface area contributed by atoms with E-state index in [1.807, 2.05) is 18.2 Å². The van der Waals surface area contributed by atoms with Gasteiger partial charge >= 0.3 is 5.97 Å². The zero-order valence-corrected chi connectivity index (χ0v) is 9.65. The van der Waals surface area contributed by atoms with E-state index < -0.39 is 5.97 Å². The number of fused-ring (bicyclic) bond motifs is 1. The summed E-state index contributed by atoms with van der Waals surface area (Å²) in [6, 6.07) is 5.58. The third-order valence-electron chi connectivity index (χ3n) is 2.42. The topological polar surface area (TPSA) is 60.5 Å². The largest absolute Gasteiger partial charge is 0.497 e. The number of benzene rings is 1. The first kappa shape index (κ1) is 11.3. The van der Waals surface area contributed by atoms with Gasteiger partial charge in [-0.2, -0.15) is 0 Å². The van der Waals surface area contributed by atoms with Gasteiger partial charge in [-0.05, 0) is 18.2 Å². The third kappa shape index (κ3) is 2.33. The second kappa shape index (κ2) is 4.78. The van der Waals surface area contributed by atoms with Crippen LogP contribution in [-0.2, 0) is 9.53 Å². The number of hydrogen-bond donors (Lipinski definition) is 1. The van der Waals surface area contributed by atoms with Gasteiger partial charge in [0.2, 0.25) is 0 Å². The van der Waals surface area contributed by atoms with Crippen molar-refractivity contribution in [3.05, 3.63) is 24.4 Å². The van der Waals surface area contributed by atoms with E-state index in [9.17, 15) is 4.79 Å². The van der Waals surface area contributed by atoms with Gasteiger partial charge in [-0.15, -0.1) is 0 Å². The quantitative estimate of drug-likeness (QED) is 0.820. The van der Waals surface area contributed by atoms with Crippen LogP contribution in [0.25, 0.3) is 10.9 Å². The molecule has 0 amide bonds. The molecule has 2 rings (SSSR count). The smallest absolute Gasteiger partial charge is 0.343 e. The van der Waals surface area contributed by atoms with Crippen LogP contribution in [0.5, 0.6) is 11.5 Å². The maximum absolute atomic E-state index is 11.0. The molecule has 90 valence electrons. The molecule has 0 aliphatic heterocycles. The molecule has 0 aliphatic rings. The number of carbonyl (C=O) groups is 1. The fourth-order valence-corrected chi connectivity index (χ4v) is 1.52. The van der Waals surface area contributed by atoms with Crippen molar-refractivity contribution in [2.45, 2.75) is 0 Å². The Morgan fingerprint density at radius 2 is 2.18 bits per heavy atom. The molecule has 0 atom stereocenters. The molecule has 0 bridgehead atoms. The molecular weight excluding hydrogens is 222 g/mol. The minimum Gasteiger partial charge on any atom is -0.497 e. The van der Waals surface area contributed by atoms with Crippen LogP contribution in [0.15, 0.2) is 24.4 Å². The summed E-state index contributed by atoms with van der Waals surface area (Å²) < 4.78 is 15.0. The highest BCUT2D eigenvalue weighted by molar-refractivity contribution is 5.87. The predicted molar refractivity (Wildman–Crippen MR) is 62.4 cm³/mol. The molecule has 2 aromatic rings. The summed E-state index contributed by atoms with van der Waals surface area (Å²) in [6.45, 7) is -0.110. The summed E-state index contributed by atoms with van der Waals surface area (Å²) in [5, 5.41) is 0.869. The monoisotopic (exact) mass is 235 g/mol. The number of H-pyrrole nitrogens is 1. The first-order chi connectivity index (χ1) is 8.24. The summed E-state index contributed by atoms with van der Waals surface area (Å²) in [7, 11) is 2.92. The Morgan fingerprint density at radius 3 is 2.88 bits per heavy atom. The molecule has 1 aromatic carbocycles. The Hall–Kier alpha value is -2.17. The Morgan fingerprint density at radius 1 is 1.35 bits per heavy atom. The van der Waals surface area contributed by atoms with Crippen LogP contribution >= 0.6 is 0 Å². The zero-order valence-electron chi connectivity index (χ0n) is 9.65. The maximum Gasteiger partial charge on any atom is 0.343 e. The first-order valence-electron chi connectivity index (χ1n) is 5.09. The van der Waals surface area contributed by atoms with Crippen molar-refractivity contribution in [2.24, 2.45) is 0 Å². The van der Waals surface area contributed by atoms with E-state index in [0.29, 0.717) is 5.75 Å². The fourth-order valence-electron chi connectivity index (χ4n) is 1.52.